The first-order chi connectivity index (χ1) is 19.7. The molecule has 2 fully saturated rings. The van der Waals surface area contributed by atoms with Gasteiger partial charge in [0.05, 0.1) is 44.1 Å². The van der Waals surface area contributed by atoms with Gasteiger partial charge in [-0.25, -0.2) is 22.8 Å². The first-order valence-corrected chi connectivity index (χ1v) is 15.3. The standard InChI is InChI=1S/C27H35FN6O6S/c1-17(2)40-19-11-20(15-33(14-19)27-29-12-18(28)13-30-27)41(35,36)16-24-31-32-26(23-9-6-10-39-23)34(24)25-21(37-3)7-5-8-22(25)38-4/h5,7-8,12-13,17,19-20,23H,6,9-11,14-16H2,1-4H3/t19-,20+,23-/m1/s1. The Morgan fingerprint density at radius 3 is 2.41 bits per heavy atom. The number of ether oxygens (including phenoxy) is 4. The lowest BCUT2D eigenvalue weighted by Crippen LogP contribution is -2.51. The normalized spacial score (nSPS) is 21.4. The van der Waals surface area contributed by atoms with Crippen LogP contribution in [0.4, 0.5) is 10.3 Å². The van der Waals surface area contributed by atoms with E-state index < -0.39 is 32.8 Å². The Morgan fingerprint density at radius 2 is 1.80 bits per heavy atom. The molecule has 0 bridgehead atoms. The number of hydrogen-bond acceptors (Lipinski definition) is 11. The van der Waals surface area contributed by atoms with Crippen LogP contribution in [0.15, 0.2) is 30.6 Å². The minimum Gasteiger partial charge on any atom is -0.494 e. The third kappa shape index (κ3) is 6.28. The monoisotopic (exact) mass is 590 g/mol. The fraction of sp³-hybridized carbons (Fsp3) is 0.556. The average molecular weight is 591 g/mol. The molecule has 0 spiro atoms. The average Bonchev–Trinajstić information content (AvgIpc) is 3.62. The molecule has 0 amide bonds. The van der Waals surface area contributed by atoms with Gasteiger partial charge in [0.2, 0.25) is 5.95 Å². The van der Waals surface area contributed by atoms with Crippen molar-refractivity contribution in [2.24, 2.45) is 0 Å². The van der Waals surface area contributed by atoms with Gasteiger partial charge in [-0.15, -0.1) is 10.2 Å². The molecule has 3 atom stereocenters. The van der Waals surface area contributed by atoms with Gasteiger partial charge in [0.15, 0.2) is 27.3 Å². The highest BCUT2D eigenvalue weighted by Gasteiger charge is 2.39. The molecular weight excluding hydrogens is 555 g/mol. The second-order valence-electron chi connectivity index (χ2n) is 10.4. The molecule has 2 saturated heterocycles. The Labute approximate surface area is 238 Å². The van der Waals surface area contributed by atoms with Gasteiger partial charge in [-0.1, -0.05) is 6.07 Å². The lowest BCUT2D eigenvalue weighted by molar-refractivity contribution is 0.00143. The van der Waals surface area contributed by atoms with Crippen LogP contribution in [-0.2, 0) is 25.1 Å². The minimum atomic E-state index is -3.83. The van der Waals surface area contributed by atoms with Gasteiger partial charge in [0.25, 0.3) is 0 Å². The lowest BCUT2D eigenvalue weighted by atomic mass is 10.1. The van der Waals surface area contributed by atoms with E-state index in [9.17, 15) is 12.8 Å². The van der Waals surface area contributed by atoms with E-state index in [1.54, 1.807) is 27.7 Å². The number of sulfone groups is 1. The fourth-order valence-electron chi connectivity index (χ4n) is 5.39. The Balaban J connectivity index is 1.52. The van der Waals surface area contributed by atoms with Crippen LogP contribution in [0.5, 0.6) is 11.5 Å². The van der Waals surface area contributed by atoms with Gasteiger partial charge in [-0.05, 0) is 45.2 Å². The molecule has 0 unspecified atom stereocenters. The predicted molar refractivity (Wildman–Crippen MR) is 148 cm³/mol. The summed E-state index contributed by atoms with van der Waals surface area (Å²) in [5.41, 5.74) is 0.504. The summed E-state index contributed by atoms with van der Waals surface area (Å²) in [6.45, 7) is 4.87. The molecule has 14 heteroatoms. The molecule has 5 rings (SSSR count). The van der Waals surface area contributed by atoms with Gasteiger partial charge in [0.1, 0.15) is 29.0 Å². The van der Waals surface area contributed by atoms with Crippen molar-refractivity contribution < 1.29 is 31.8 Å². The second kappa shape index (κ2) is 12.2. The zero-order valence-corrected chi connectivity index (χ0v) is 24.4. The minimum absolute atomic E-state index is 0.118. The maximum Gasteiger partial charge on any atom is 0.225 e. The van der Waals surface area contributed by atoms with E-state index in [-0.39, 0.29) is 36.9 Å². The van der Waals surface area contributed by atoms with Crippen molar-refractivity contribution in [1.29, 1.82) is 0 Å². The quantitative estimate of drug-likeness (QED) is 0.345. The van der Waals surface area contributed by atoms with Crippen molar-refractivity contribution in [3.05, 3.63) is 48.1 Å². The van der Waals surface area contributed by atoms with Crippen LogP contribution in [0.25, 0.3) is 5.69 Å². The highest BCUT2D eigenvalue weighted by Crippen LogP contribution is 2.38. The molecule has 3 aromatic rings. The van der Waals surface area contributed by atoms with Crippen molar-refractivity contribution in [3.8, 4) is 17.2 Å². The Hall–Kier alpha value is -3.36. The van der Waals surface area contributed by atoms with E-state index in [4.69, 9.17) is 18.9 Å². The van der Waals surface area contributed by atoms with Crippen LogP contribution < -0.4 is 14.4 Å². The number of anilines is 1. The number of hydrogen-bond donors (Lipinski definition) is 0. The summed E-state index contributed by atoms with van der Waals surface area (Å²) in [5.74, 6) is 0.931. The van der Waals surface area contributed by atoms with E-state index in [1.807, 2.05) is 13.8 Å². The Bertz CT molecular complexity index is 1420. The summed E-state index contributed by atoms with van der Waals surface area (Å²) in [6.07, 6.45) is 3.13. The zero-order valence-electron chi connectivity index (χ0n) is 23.6. The third-order valence-corrected chi connectivity index (χ3v) is 9.18. The number of piperidine rings is 1. The summed E-state index contributed by atoms with van der Waals surface area (Å²) < 4.78 is 66.6. The maximum absolute atomic E-state index is 14.1. The predicted octanol–water partition coefficient (Wildman–Crippen LogP) is 3.05. The molecule has 12 nitrogen and oxygen atoms in total. The summed E-state index contributed by atoms with van der Waals surface area (Å²) in [5, 5.41) is 7.93. The number of methoxy groups -OCH3 is 2. The van der Waals surface area contributed by atoms with Crippen molar-refractivity contribution in [2.45, 2.75) is 62.4 Å². The third-order valence-electron chi connectivity index (χ3n) is 7.16. The topological polar surface area (TPSA) is 131 Å². The van der Waals surface area contributed by atoms with E-state index in [0.29, 0.717) is 36.2 Å². The number of benzene rings is 1. The molecule has 0 aliphatic carbocycles. The van der Waals surface area contributed by atoms with Crippen LogP contribution in [0.1, 0.15) is 50.9 Å². The SMILES string of the molecule is COc1cccc(OC)c1-n1c(CS(=O)(=O)[C@H]2C[C@@H](OC(C)C)CN(c3ncc(F)cn3)C2)nnc1[C@H]1CCCO1. The van der Waals surface area contributed by atoms with Crippen molar-refractivity contribution in [2.75, 3.05) is 38.8 Å². The van der Waals surface area contributed by atoms with Gasteiger partial charge in [-0.3, -0.25) is 4.57 Å². The molecule has 1 aromatic carbocycles. The molecule has 0 N–H and O–H groups in total. The molecular formula is C27H35FN6O6S. The highest BCUT2D eigenvalue weighted by atomic mass is 32.2. The number of halogens is 1. The van der Waals surface area contributed by atoms with Crippen LogP contribution in [-0.4, -0.2) is 84.5 Å². The van der Waals surface area contributed by atoms with Crippen molar-refractivity contribution >= 4 is 15.8 Å². The van der Waals surface area contributed by atoms with E-state index in [2.05, 4.69) is 20.2 Å². The lowest BCUT2D eigenvalue weighted by Gasteiger charge is -2.38. The first-order valence-electron chi connectivity index (χ1n) is 13.6. The molecule has 0 radical (unpaired) electrons. The number of para-hydroxylation sites is 1. The number of nitrogens with zero attached hydrogens (tertiary/aromatic N) is 6. The molecule has 4 heterocycles. The van der Waals surface area contributed by atoms with Crippen LogP contribution in [0, 0.1) is 5.82 Å². The first kappa shape index (κ1) is 29.1. The van der Waals surface area contributed by atoms with Gasteiger partial charge in [-0.2, -0.15) is 0 Å². The van der Waals surface area contributed by atoms with Crippen LogP contribution in [0.2, 0.25) is 0 Å². The van der Waals surface area contributed by atoms with Crippen molar-refractivity contribution in [3.63, 3.8) is 0 Å². The molecule has 41 heavy (non-hydrogen) atoms. The van der Waals surface area contributed by atoms with Crippen LogP contribution in [0.3, 0.4) is 0 Å². The number of rotatable bonds is 10. The van der Waals surface area contributed by atoms with Crippen molar-refractivity contribution in [1.82, 2.24) is 24.7 Å². The van der Waals surface area contributed by atoms with E-state index in [0.717, 1.165) is 25.2 Å². The van der Waals surface area contributed by atoms with E-state index in [1.165, 1.54) is 14.2 Å². The summed E-state index contributed by atoms with van der Waals surface area (Å²) in [6, 6.07) is 5.33. The molecule has 222 valence electrons. The Kier molecular flexibility index (Phi) is 8.71. The van der Waals surface area contributed by atoms with Crippen LogP contribution >= 0.6 is 0 Å². The molecule has 0 saturated carbocycles. The van der Waals surface area contributed by atoms with Gasteiger partial charge in [0, 0.05) is 19.7 Å². The zero-order chi connectivity index (χ0) is 29.1. The Morgan fingerprint density at radius 1 is 1.10 bits per heavy atom. The smallest absolute Gasteiger partial charge is 0.225 e. The molecule has 2 aromatic heterocycles. The fourth-order valence-corrected chi connectivity index (χ4v) is 7.09. The summed E-state index contributed by atoms with van der Waals surface area (Å²) in [7, 11) is -0.760. The summed E-state index contributed by atoms with van der Waals surface area (Å²) in [4.78, 5) is 9.88. The maximum atomic E-state index is 14.1. The highest BCUT2D eigenvalue weighted by molar-refractivity contribution is 7.91. The number of aromatic nitrogens is 5. The summed E-state index contributed by atoms with van der Waals surface area (Å²) >= 11 is 0. The molecule has 2 aliphatic heterocycles. The van der Waals surface area contributed by atoms with Gasteiger partial charge < -0.3 is 23.8 Å². The molecule has 2 aliphatic rings. The van der Waals surface area contributed by atoms with Gasteiger partial charge >= 0.3 is 0 Å². The largest absolute Gasteiger partial charge is 0.494 e. The second-order valence-corrected chi connectivity index (χ2v) is 12.7. The van der Waals surface area contributed by atoms with E-state index >= 15 is 0 Å².